The van der Waals surface area contributed by atoms with Crippen LogP contribution in [-0.2, 0) is 14.3 Å². The second-order valence-corrected chi connectivity index (χ2v) is 6.58. The number of hydrogen-bond donors (Lipinski definition) is 1. The zero-order valence-electron chi connectivity index (χ0n) is 12.6. The lowest BCUT2D eigenvalue weighted by Gasteiger charge is -2.43. The van der Waals surface area contributed by atoms with E-state index in [2.05, 4.69) is 5.32 Å². The van der Waals surface area contributed by atoms with Gasteiger partial charge >= 0.3 is 5.97 Å². The first-order valence-corrected chi connectivity index (χ1v) is 6.65. The van der Waals surface area contributed by atoms with Gasteiger partial charge in [-0.2, -0.15) is 0 Å². The van der Waals surface area contributed by atoms with Crippen LogP contribution in [0.3, 0.4) is 0 Å². The summed E-state index contributed by atoms with van der Waals surface area (Å²) in [6.07, 6.45) is 1.53. The van der Waals surface area contributed by atoms with Gasteiger partial charge in [-0.05, 0) is 26.3 Å². The van der Waals surface area contributed by atoms with Crippen molar-refractivity contribution in [2.45, 2.75) is 58.6 Å². The van der Waals surface area contributed by atoms with E-state index in [1.54, 1.807) is 7.05 Å². The van der Waals surface area contributed by atoms with Gasteiger partial charge in [-0.25, -0.2) is 0 Å². The van der Waals surface area contributed by atoms with E-state index in [1.807, 2.05) is 34.6 Å². The number of likely N-dealkylation sites (N-methyl/N-ethyl adjacent to an activating group) is 1. The summed E-state index contributed by atoms with van der Waals surface area (Å²) >= 11 is 0. The molecule has 1 rings (SSSR count). The van der Waals surface area contributed by atoms with Gasteiger partial charge in [0.15, 0.2) is 0 Å². The maximum atomic E-state index is 12.5. The van der Waals surface area contributed by atoms with Crippen molar-refractivity contribution in [3.8, 4) is 0 Å². The number of carbonyl (C=O) groups excluding carboxylic acids is 1. The summed E-state index contributed by atoms with van der Waals surface area (Å²) in [4.78, 5) is 12.5. The highest BCUT2D eigenvalue weighted by Gasteiger charge is 2.47. The maximum absolute atomic E-state index is 12.5. The molecule has 0 bridgehead atoms. The quantitative estimate of drug-likeness (QED) is 0.787. The van der Waals surface area contributed by atoms with Crippen molar-refractivity contribution in [2.24, 2.45) is 5.41 Å². The van der Waals surface area contributed by atoms with Crippen LogP contribution in [0.15, 0.2) is 0 Å². The molecule has 18 heavy (non-hydrogen) atoms. The molecular formula is C14H27NO3. The SMILES string of the molecule is CNC(C)(C(=O)OC1(C)CCOCC1)C(C)(C)C. The predicted molar refractivity (Wildman–Crippen MR) is 71.5 cm³/mol. The lowest BCUT2D eigenvalue weighted by atomic mass is 9.75. The van der Waals surface area contributed by atoms with Crippen LogP contribution >= 0.6 is 0 Å². The molecule has 1 saturated heterocycles. The van der Waals surface area contributed by atoms with E-state index in [-0.39, 0.29) is 11.4 Å². The normalized spacial score (nSPS) is 23.2. The fraction of sp³-hybridized carbons (Fsp3) is 0.929. The minimum absolute atomic E-state index is 0.179. The standard InChI is InChI=1S/C14H27NO3/c1-12(2,3)14(5,15-6)11(16)18-13(4)7-9-17-10-8-13/h15H,7-10H2,1-6H3. The first-order valence-electron chi connectivity index (χ1n) is 6.65. The van der Waals surface area contributed by atoms with E-state index in [4.69, 9.17) is 9.47 Å². The van der Waals surface area contributed by atoms with E-state index in [0.717, 1.165) is 12.8 Å². The Bertz CT molecular complexity index is 303. The van der Waals surface area contributed by atoms with E-state index >= 15 is 0 Å². The largest absolute Gasteiger partial charge is 0.458 e. The highest BCUT2D eigenvalue weighted by Crippen LogP contribution is 2.34. The van der Waals surface area contributed by atoms with E-state index in [0.29, 0.717) is 13.2 Å². The van der Waals surface area contributed by atoms with Crippen LogP contribution < -0.4 is 5.32 Å². The molecule has 4 nitrogen and oxygen atoms in total. The zero-order valence-corrected chi connectivity index (χ0v) is 12.6. The monoisotopic (exact) mass is 257 g/mol. The summed E-state index contributed by atoms with van der Waals surface area (Å²) in [5.41, 5.74) is -1.28. The molecule has 1 aliphatic rings. The van der Waals surface area contributed by atoms with E-state index in [9.17, 15) is 4.79 Å². The van der Waals surface area contributed by atoms with Crippen LogP contribution in [0.25, 0.3) is 0 Å². The van der Waals surface area contributed by atoms with Gasteiger partial charge in [-0.15, -0.1) is 0 Å². The van der Waals surface area contributed by atoms with Crippen molar-refractivity contribution < 1.29 is 14.3 Å². The van der Waals surface area contributed by atoms with Gasteiger partial charge in [0.2, 0.25) is 0 Å². The second-order valence-electron chi connectivity index (χ2n) is 6.58. The Hall–Kier alpha value is -0.610. The minimum atomic E-state index is -0.686. The van der Waals surface area contributed by atoms with Crippen molar-refractivity contribution in [2.75, 3.05) is 20.3 Å². The fourth-order valence-electron chi connectivity index (χ4n) is 2.01. The molecule has 1 atom stereocenters. The highest BCUT2D eigenvalue weighted by atomic mass is 16.6. The van der Waals surface area contributed by atoms with Crippen molar-refractivity contribution >= 4 is 5.97 Å². The molecule has 0 aromatic heterocycles. The third kappa shape index (κ3) is 3.04. The molecule has 0 aromatic carbocycles. The highest BCUT2D eigenvalue weighted by molar-refractivity contribution is 5.81. The average Bonchev–Trinajstić information content (AvgIpc) is 2.26. The molecule has 0 saturated carbocycles. The van der Waals surface area contributed by atoms with Crippen LogP contribution in [-0.4, -0.2) is 37.4 Å². The molecule has 1 aliphatic heterocycles. The number of rotatable bonds is 3. The zero-order chi connectivity index (χ0) is 14.0. The Morgan fingerprint density at radius 3 is 2.11 bits per heavy atom. The first-order chi connectivity index (χ1) is 8.15. The molecule has 106 valence electrons. The topological polar surface area (TPSA) is 47.6 Å². The third-order valence-electron chi connectivity index (χ3n) is 4.30. The molecule has 1 N–H and O–H groups in total. The molecule has 0 radical (unpaired) electrons. The maximum Gasteiger partial charge on any atom is 0.327 e. The van der Waals surface area contributed by atoms with Gasteiger partial charge < -0.3 is 14.8 Å². The molecule has 0 aliphatic carbocycles. The molecule has 1 heterocycles. The van der Waals surface area contributed by atoms with E-state index < -0.39 is 11.1 Å². The minimum Gasteiger partial charge on any atom is -0.458 e. The van der Waals surface area contributed by atoms with E-state index in [1.165, 1.54) is 0 Å². The smallest absolute Gasteiger partial charge is 0.327 e. The summed E-state index contributed by atoms with van der Waals surface area (Å²) in [7, 11) is 1.80. The molecule has 4 heteroatoms. The Labute approximate surface area is 110 Å². The van der Waals surface area contributed by atoms with Gasteiger partial charge in [-0.3, -0.25) is 4.79 Å². The number of nitrogens with one attached hydrogen (secondary N) is 1. The van der Waals surface area contributed by atoms with Crippen LogP contribution in [0, 0.1) is 5.41 Å². The summed E-state index contributed by atoms with van der Waals surface area (Å²) in [5, 5.41) is 3.12. The van der Waals surface area contributed by atoms with Crippen LogP contribution in [0.5, 0.6) is 0 Å². The van der Waals surface area contributed by atoms with Gasteiger partial charge in [0.25, 0.3) is 0 Å². The third-order valence-corrected chi connectivity index (χ3v) is 4.30. The number of carbonyl (C=O) groups is 1. The van der Waals surface area contributed by atoms with Gasteiger partial charge in [0.1, 0.15) is 11.1 Å². The van der Waals surface area contributed by atoms with Crippen molar-refractivity contribution in [3.63, 3.8) is 0 Å². The van der Waals surface area contributed by atoms with Crippen LogP contribution in [0.2, 0.25) is 0 Å². The Kier molecular flexibility index (Phi) is 4.44. The molecule has 1 unspecified atom stereocenters. The molecule has 1 fully saturated rings. The molecule has 0 spiro atoms. The second kappa shape index (κ2) is 5.17. The lowest BCUT2D eigenvalue weighted by molar-refractivity contribution is -0.178. The van der Waals surface area contributed by atoms with Gasteiger partial charge in [-0.1, -0.05) is 20.8 Å². The number of hydrogen-bond acceptors (Lipinski definition) is 4. The van der Waals surface area contributed by atoms with Crippen molar-refractivity contribution in [1.82, 2.24) is 5.32 Å². The summed E-state index contributed by atoms with van der Waals surface area (Å²) in [6, 6.07) is 0. The first kappa shape index (κ1) is 15.4. The van der Waals surface area contributed by atoms with Crippen molar-refractivity contribution in [3.05, 3.63) is 0 Å². The van der Waals surface area contributed by atoms with Crippen LogP contribution in [0.1, 0.15) is 47.5 Å². The number of esters is 1. The molecule has 0 aromatic rings. The predicted octanol–water partition coefficient (Wildman–Crippen LogP) is 2.12. The Morgan fingerprint density at radius 1 is 1.22 bits per heavy atom. The van der Waals surface area contributed by atoms with Gasteiger partial charge in [0, 0.05) is 12.8 Å². The molecular weight excluding hydrogens is 230 g/mol. The molecule has 0 amide bonds. The van der Waals surface area contributed by atoms with Crippen molar-refractivity contribution in [1.29, 1.82) is 0 Å². The Balaban J connectivity index is 2.80. The summed E-state index contributed by atoms with van der Waals surface area (Å²) < 4.78 is 11.1. The fourth-order valence-corrected chi connectivity index (χ4v) is 2.01. The number of ether oxygens (including phenoxy) is 2. The van der Waals surface area contributed by atoms with Gasteiger partial charge in [0.05, 0.1) is 13.2 Å². The average molecular weight is 257 g/mol. The summed E-state index contributed by atoms with van der Waals surface area (Å²) in [5.74, 6) is -0.179. The van der Waals surface area contributed by atoms with Crippen LogP contribution in [0.4, 0.5) is 0 Å². The Morgan fingerprint density at radius 2 is 1.72 bits per heavy atom. The lowest BCUT2D eigenvalue weighted by Crippen LogP contribution is -2.59. The summed E-state index contributed by atoms with van der Waals surface area (Å²) in [6.45, 7) is 11.3.